The van der Waals surface area contributed by atoms with Crippen LogP contribution in [-0.2, 0) is 0 Å². The molecule has 0 aromatic heterocycles. The van der Waals surface area contributed by atoms with Crippen molar-refractivity contribution >= 4 is 0 Å². The number of aliphatic hydroxyl groups is 2. The molecule has 0 spiro atoms. The Morgan fingerprint density at radius 2 is 1.88 bits per heavy atom. The van der Waals surface area contributed by atoms with Crippen LogP contribution in [0.5, 0.6) is 0 Å². The summed E-state index contributed by atoms with van der Waals surface area (Å²) in [5.74, 6) is 0. The molecule has 0 heterocycles. The number of aliphatic hydroxyl groups excluding tert-OH is 2. The fourth-order valence-corrected chi connectivity index (χ4v) is 0.310. The van der Waals surface area contributed by atoms with Crippen molar-refractivity contribution in [2.24, 2.45) is 0 Å². The van der Waals surface area contributed by atoms with Crippen LogP contribution in [0.2, 0.25) is 0 Å². The summed E-state index contributed by atoms with van der Waals surface area (Å²) in [6, 6.07) is 0. The summed E-state index contributed by atoms with van der Waals surface area (Å²) in [5.41, 5.74) is 0. The summed E-state index contributed by atoms with van der Waals surface area (Å²) in [4.78, 5) is 0. The highest BCUT2D eigenvalue weighted by atomic mass is 16.2. The van der Waals surface area contributed by atoms with Crippen LogP contribution in [0.25, 0.3) is 0 Å². The minimum absolute atomic E-state index is 0.0687. The van der Waals surface area contributed by atoms with Crippen LogP contribution in [-0.4, -0.2) is 16.8 Å². The molecule has 8 heavy (non-hydrogen) atoms. The lowest BCUT2D eigenvalue weighted by molar-refractivity contribution is 0.342. The third kappa shape index (κ3) is 5.24. The van der Waals surface area contributed by atoms with Crippen molar-refractivity contribution in [1.29, 1.82) is 0 Å². The predicted octanol–water partition coefficient (Wildman–Crippen LogP) is 0.997. The van der Waals surface area contributed by atoms with Gasteiger partial charge in [-0.2, -0.15) is 0 Å². The van der Waals surface area contributed by atoms with E-state index in [2.05, 4.69) is 0 Å². The van der Waals surface area contributed by atoms with Crippen molar-refractivity contribution < 1.29 is 10.2 Å². The fourth-order valence-electron chi connectivity index (χ4n) is 0.310. The van der Waals surface area contributed by atoms with Gasteiger partial charge in [0, 0.05) is 0 Å². The van der Waals surface area contributed by atoms with Gasteiger partial charge in [0.2, 0.25) is 0 Å². The fraction of sp³-hybridized carbons (Fsp3) is 0.333. The number of hydrogen-bond donors (Lipinski definition) is 2. The topological polar surface area (TPSA) is 40.5 Å². The van der Waals surface area contributed by atoms with E-state index in [1.165, 1.54) is 0 Å². The minimum atomic E-state index is 0.0687. The normalized spacial score (nSPS) is 11.6. The van der Waals surface area contributed by atoms with Gasteiger partial charge < -0.3 is 10.2 Å². The van der Waals surface area contributed by atoms with E-state index in [1.807, 2.05) is 0 Å². The van der Waals surface area contributed by atoms with Crippen LogP contribution in [0, 0.1) is 0 Å². The lowest BCUT2D eigenvalue weighted by atomic mass is 10.4. The van der Waals surface area contributed by atoms with E-state index in [9.17, 15) is 0 Å². The highest BCUT2D eigenvalue weighted by Gasteiger charge is 1.66. The molecule has 0 atom stereocenters. The van der Waals surface area contributed by atoms with Crippen molar-refractivity contribution in [2.75, 3.05) is 6.61 Å². The first-order valence-electron chi connectivity index (χ1n) is 2.47. The maximum Gasteiger partial charge on any atom is 0.0754 e. The monoisotopic (exact) mass is 114 g/mol. The smallest absolute Gasteiger partial charge is 0.0754 e. The first-order valence-corrected chi connectivity index (χ1v) is 2.47. The van der Waals surface area contributed by atoms with Crippen molar-refractivity contribution in [1.82, 2.24) is 0 Å². The summed E-state index contributed by atoms with van der Waals surface area (Å²) in [5, 5.41) is 16.3. The Balaban J connectivity index is 3.03. The van der Waals surface area contributed by atoms with E-state index in [-0.39, 0.29) is 6.61 Å². The van der Waals surface area contributed by atoms with Gasteiger partial charge in [-0.1, -0.05) is 12.2 Å². The van der Waals surface area contributed by atoms with Gasteiger partial charge in [0.1, 0.15) is 0 Å². The van der Waals surface area contributed by atoms with E-state index < -0.39 is 0 Å². The molecule has 46 valence electrons. The zero-order valence-corrected chi connectivity index (χ0v) is 4.62. The maximum absolute atomic E-state index is 8.19. The molecule has 0 bridgehead atoms. The average molecular weight is 114 g/mol. The molecule has 0 aromatic rings. The molecular formula is C6H10O2. The highest BCUT2D eigenvalue weighted by molar-refractivity contribution is 4.89. The van der Waals surface area contributed by atoms with Crippen LogP contribution in [0.1, 0.15) is 6.42 Å². The zero-order valence-electron chi connectivity index (χ0n) is 4.62. The molecule has 0 aliphatic heterocycles. The Labute approximate surface area is 48.8 Å². The van der Waals surface area contributed by atoms with Crippen LogP contribution in [0.4, 0.5) is 0 Å². The molecule has 0 saturated heterocycles. The molecule has 0 rings (SSSR count). The molecule has 0 saturated carbocycles. The summed E-state index contributed by atoms with van der Waals surface area (Å²) in [7, 11) is 0. The van der Waals surface area contributed by atoms with Gasteiger partial charge in [0.15, 0.2) is 0 Å². The average Bonchev–Trinajstić information content (AvgIpc) is 1.81. The summed E-state index contributed by atoms with van der Waals surface area (Å²) < 4.78 is 0. The van der Waals surface area contributed by atoms with Gasteiger partial charge in [0.25, 0.3) is 0 Å². The maximum atomic E-state index is 8.19. The Morgan fingerprint density at radius 1 is 1.12 bits per heavy atom. The summed E-state index contributed by atoms with van der Waals surface area (Å²) in [6.45, 7) is 0.0687. The van der Waals surface area contributed by atoms with Gasteiger partial charge in [-0.25, -0.2) is 0 Å². The van der Waals surface area contributed by atoms with Crippen molar-refractivity contribution in [3.63, 3.8) is 0 Å². The Kier molecular flexibility index (Phi) is 5.65. The Hall–Kier alpha value is -0.760. The number of rotatable bonds is 3. The van der Waals surface area contributed by atoms with Gasteiger partial charge >= 0.3 is 0 Å². The van der Waals surface area contributed by atoms with E-state index in [0.29, 0.717) is 6.42 Å². The molecule has 0 amide bonds. The van der Waals surface area contributed by atoms with Gasteiger partial charge in [0.05, 0.1) is 12.9 Å². The van der Waals surface area contributed by atoms with Crippen molar-refractivity contribution in [2.45, 2.75) is 6.42 Å². The second kappa shape index (κ2) is 6.24. The molecule has 0 aromatic carbocycles. The molecule has 0 aliphatic carbocycles. The quantitative estimate of drug-likeness (QED) is 0.424. The molecule has 0 aliphatic rings. The van der Waals surface area contributed by atoms with Crippen LogP contribution in [0.15, 0.2) is 24.5 Å². The first kappa shape index (κ1) is 7.24. The second-order valence-corrected chi connectivity index (χ2v) is 1.27. The minimum Gasteiger partial charge on any atom is -0.516 e. The standard InChI is InChI=1S/C6H10O2/c7-5-3-1-2-4-6-8/h1,3-4,6-8H,2,5H2/b3-1+,6-4+. The zero-order chi connectivity index (χ0) is 6.24. The largest absolute Gasteiger partial charge is 0.516 e. The number of allylic oxidation sites excluding steroid dienone is 2. The van der Waals surface area contributed by atoms with E-state index >= 15 is 0 Å². The van der Waals surface area contributed by atoms with Crippen LogP contribution in [0.3, 0.4) is 0 Å². The third-order valence-corrected chi connectivity index (χ3v) is 0.650. The van der Waals surface area contributed by atoms with Crippen molar-refractivity contribution in [3.05, 3.63) is 24.5 Å². The van der Waals surface area contributed by atoms with Crippen LogP contribution >= 0.6 is 0 Å². The van der Waals surface area contributed by atoms with Gasteiger partial charge in [-0.15, -0.1) is 0 Å². The Bertz CT molecular complexity index is 84.5. The van der Waals surface area contributed by atoms with Gasteiger partial charge in [-0.05, 0) is 12.5 Å². The summed E-state index contributed by atoms with van der Waals surface area (Å²) >= 11 is 0. The van der Waals surface area contributed by atoms with E-state index in [0.717, 1.165) is 6.26 Å². The number of hydrogen-bond acceptors (Lipinski definition) is 2. The molecule has 0 fully saturated rings. The molecule has 2 heteroatoms. The second-order valence-electron chi connectivity index (χ2n) is 1.27. The Morgan fingerprint density at radius 3 is 2.38 bits per heavy atom. The lowest BCUT2D eigenvalue weighted by Gasteiger charge is -1.77. The van der Waals surface area contributed by atoms with E-state index in [1.54, 1.807) is 18.2 Å². The molecule has 2 N–H and O–H groups in total. The first-order chi connectivity index (χ1) is 3.91. The van der Waals surface area contributed by atoms with Crippen molar-refractivity contribution in [3.8, 4) is 0 Å². The molecule has 0 unspecified atom stereocenters. The summed E-state index contributed by atoms with van der Waals surface area (Å²) in [6.07, 6.45) is 6.65. The van der Waals surface area contributed by atoms with Gasteiger partial charge in [-0.3, -0.25) is 0 Å². The predicted molar refractivity (Wildman–Crippen MR) is 32.6 cm³/mol. The van der Waals surface area contributed by atoms with Crippen LogP contribution < -0.4 is 0 Å². The molecule has 0 radical (unpaired) electrons. The van der Waals surface area contributed by atoms with E-state index in [4.69, 9.17) is 10.2 Å². The molecular weight excluding hydrogens is 104 g/mol. The molecule has 2 nitrogen and oxygen atoms in total. The SMILES string of the molecule is O/C=C/C/C=C/CO. The highest BCUT2D eigenvalue weighted by Crippen LogP contribution is 1.82. The third-order valence-electron chi connectivity index (χ3n) is 0.650. The lowest BCUT2D eigenvalue weighted by Crippen LogP contribution is -1.68.